The molecule has 3 rings (SSSR count). The van der Waals surface area contributed by atoms with Crippen molar-refractivity contribution in [3.8, 4) is 5.88 Å². The number of imidazole rings is 1. The Bertz CT molecular complexity index is 880. The van der Waals surface area contributed by atoms with E-state index in [4.69, 9.17) is 5.11 Å². The summed E-state index contributed by atoms with van der Waals surface area (Å²) in [5, 5.41) is 29.6. The molecule has 2 aromatic rings. The molecule has 1 aliphatic carbocycles. The molecule has 1 fully saturated rings. The van der Waals surface area contributed by atoms with Crippen molar-refractivity contribution in [1.29, 1.82) is 0 Å². The van der Waals surface area contributed by atoms with Crippen LogP contribution < -0.4 is 5.69 Å². The molecule has 0 saturated heterocycles. The van der Waals surface area contributed by atoms with E-state index in [1.165, 1.54) is 11.0 Å². The highest BCUT2D eigenvalue weighted by molar-refractivity contribution is 5.67. The van der Waals surface area contributed by atoms with E-state index in [9.17, 15) is 19.8 Å². The Morgan fingerprint density at radius 1 is 1.21 bits per heavy atom. The number of H-pyrrole nitrogens is 1. The highest BCUT2D eigenvalue weighted by atomic mass is 16.4. The van der Waals surface area contributed by atoms with Crippen molar-refractivity contribution >= 4 is 5.97 Å². The topological polar surface area (TPSA) is 116 Å². The number of aliphatic carboxylic acids is 1. The summed E-state index contributed by atoms with van der Waals surface area (Å²) < 4.78 is 1.51. The third-order valence-corrected chi connectivity index (χ3v) is 5.90. The van der Waals surface area contributed by atoms with E-state index in [0.717, 1.165) is 36.8 Å². The van der Waals surface area contributed by atoms with E-state index >= 15 is 0 Å². The first-order valence-corrected chi connectivity index (χ1v) is 10.4. The molecule has 1 aliphatic rings. The minimum absolute atomic E-state index is 0.0582. The molecule has 1 atom stereocenters. The zero-order valence-corrected chi connectivity index (χ0v) is 16.6. The number of benzene rings is 1. The van der Waals surface area contributed by atoms with Gasteiger partial charge >= 0.3 is 11.7 Å². The Morgan fingerprint density at radius 3 is 2.66 bits per heavy atom. The van der Waals surface area contributed by atoms with Gasteiger partial charge in [-0.15, -0.1) is 0 Å². The second-order valence-electron chi connectivity index (χ2n) is 8.02. The lowest BCUT2D eigenvalue weighted by molar-refractivity contribution is -0.136. The van der Waals surface area contributed by atoms with Crippen LogP contribution in [0.1, 0.15) is 61.8 Å². The van der Waals surface area contributed by atoms with E-state index in [-0.39, 0.29) is 18.0 Å². The number of aliphatic hydroxyl groups is 1. The maximum absolute atomic E-state index is 12.3. The lowest BCUT2D eigenvalue weighted by Gasteiger charge is -2.26. The number of hydrogen-bond donors (Lipinski definition) is 4. The molecule has 1 unspecified atom stereocenters. The molecule has 1 aromatic heterocycles. The number of aromatic amines is 1. The largest absolute Gasteiger partial charge is 0.493 e. The number of carboxylic acids is 1. The predicted molar refractivity (Wildman–Crippen MR) is 109 cm³/mol. The second-order valence-corrected chi connectivity index (χ2v) is 8.02. The first-order valence-electron chi connectivity index (χ1n) is 10.4. The number of aryl methyl sites for hydroxylation is 1. The molecule has 1 aromatic carbocycles. The lowest BCUT2D eigenvalue weighted by Crippen LogP contribution is -2.27. The lowest BCUT2D eigenvalue weighted by atomic mass is 9.84. The van der Waals surface area contributed by atoms with Gasteiger partial charge in [0.05, 0.1) is 11.8 Å². The minimum atomic E-state index is -0.843. The van der Waals surface area contributed by atoms with Crippen molar-refractivity contribution in [1.82, 2.24) is 9.55 Å². The standard InChI is InChI=1S/C22H30N2O5/c25-19(17-7-2-1-3-8-17)11-12-24-18(21(28)23-22(24)29)14-16-6-4-5-15(13-16)9-10-20(26)27/h4-6,13,17,19,25,28H,1-3,7-12,14H2,(H,23,29)(H,26,27). The summed E-state index contributed by atoms with van der Waals surface area (Å²) in [5.74, 6) is -0.705. The fourth-order valence-electron chi connectivity index (χ4n) is 4.26. The van der Waals surface area contributed by atoms with Crippen LogP contribution in [-0.2, 0) is 24.2 Å². The van der Waals surface area contributed by atoms with Crippen LogP contribution in [0, 0.1) is 5.92 Å². The van der Waals surface area contributed by atoms with Crippen molar-refractivity contribution in [3.63, 3.8) is 0 Å². The van der Waals surface area contributed by atoms with Crippen molar-refractivity contribution < 1.29 is 20.1 Å². The summed E-state index contributed by atoms with van der Waals surface area (Å²) in [6.45, 7) is 0.349. The zero-order chi connectivity index (χ0) is 20.8. The summed E-state index contributed by atoms with van der Waals surface area (Å²) >= 11 is 0. The molecule has 29 heavy (non-hydrogen) atoms. The minimum Gasteiger partial charge on any atom is -0.493 e. The highest BCUT2D eigenvalue weighted by Gasteiger charge is 2.23. The van der Waals surface area contributed by atoms with Crippen LogP contribution in [0.25, 0.3) is 0 Å². The average Bonchev–Trinajstić information content (AvgIpc) is 2.98. The van der Waals surface area contributed by atoms with E-state index in [2.05, 4.69) is 4.98 Å². The number of aromatic nitrogens is 2. The first-order chi connectivity index (χ1) is 13.9. The maximum Gasteiger partial charge on any atom is 0.328 e. The number of nitrogens with zero attached hydrogens (tertiary/aromatic N) is 1. The monoisotopic (exact) mass is 402 g/mol. The van der Waals surface area contributed by atoms with Crippen LogP contribution in [0.2, 0.25) is 0 Å². The van der Waals surface area contributed by atoms with Gasteiger partial charge in [0.2, 0.25) is 5.88 Å². The van der Waals surface area contributed by atoms with Crippen molar-refractivity contribution in [2.24, 2.45) is 5.92 Å². The highest BCUT2D eigenvalue weighted by Crippen LogP contribution is 2.28. The van der Waals surface area contributed by atoms with Crippen molar-refractivity contribution in [3.05, 3.63) is 51.6 Å². The van der Waals surface area contributed by atoms with Crippen molar-refractivity contribution in [2.45, 2.75) is 70.4 Å². The van der Waals surface area contributed by atoms with Crippen LogP contribution in [-0.4, -0.2) is 36.9 Å². The van der Waals surface area contributed by atoms with E-state index in [1.54, 1.807) is 0 Å². The third-order valence-electron chi connectivity index (χ3n) is 5.90. The second kappa shape index (κ2) is 9.78. The fraction of sp³-hybridized carbons (Fsp3) is 0.545. The summed E-state index contributed by atoms with van der Waals surface area (Å²) in [6.07, 6.45) is 6.47. The van der Waals surface area contributed by atoms with Crippen LogP contribution in [0.15, 0.2) is 29.1 Å². The number of carbonyl (C=O) groups is 1. The molecular weight excluding hydrogens is 372 g/mol. The molecule has 0 radical (unpaired) electrons. The fourth-order valence-corrected chi connectivity index (χ4v) is 4.26. The Morgan fingerprint density at radius 2 is 1.93 bits per heavy atom. The quantitative estimate of drug-likeness (QED) is 0.515. The number of hydrogen-bond acceptors (Lipinski definition) is 4. The van der Waals surface area contributed by atoms with E-state index in [1.807, 2.05) is 24.3 Å². The number of carboxylic acid groups (broad SMARTS) is 1. The van der Waals surface area contributed by atoms with Crippen molar-refractivity contribution in [2.75, 3.05) is 0 Å². The predicted octanol–water partition coefficient (Wildman–Crippen LogP) is 2.82. The molecule has 158 valence electrons. The van der Waals surface area contributed by atoms with Gasteiger partial charge in [-0.2, -0.15) is 0 Å². The summed E-state index contributed by atoms with van der Waals surface area (Å²) in [5.41, 5.74) is 1.90. The number of rotatable bonds is 9. The van der Waals surface area contributed by atoms with Gasteiger partial charge in [0, 0.05) is 19.4 Å². The van der Waals surface area contributed by atoms with E-state index in [0.29, 0.717) is 37.4 Å². The molecule has 0 bridgehead atoms. The van der Waals surface area contributed by atoms with Gasteiger partial charge in [-0.05, 0) is 42.7 Å². The molecule has 0 aliphatic heterocycles. The normalized spacial score (nSPS) is 16.0. The first kappa shape index (κ1) is 21.2. The Kier molecular flexibility index (Phi) is 7.14. The molecule has 7 nitrogen and oxygen atoms in total. The van der Waals surface area contributed by atoms with Crippen LogP contribution in [0.4, 0.5) is 0 Å². The van der Waals surface area contributed by atoms with E-state index < -0.39 is 12.1 Å². The maximum atomic E-state index is 12.3. The number of aliphatic hydroxyl groups excluding tert-OH is 1. The van der Waals surface area contributed by atoms with Gasteiger partial charge in [0.15, 0.2) is 0 Å². The van der Waals surface area contributed by atoms with Crippen LogP contribution in [0.3, 0.4) is 0 Å². The summed E-state index contributed by atoms with van der Waals surface area (Å²) in [4.78, 5) is 25.5. The van der Waals surface area contributed by atoms with Gasteiger partial charge in [-0.25, -0.2) is 4.79 Å². The van der Waals surface area contributed by atoms with Gasteiger partial charge < -0.3 is 15.3 Å². The van der Waals surface area contributed by atoms with Gasteiger partial charge in [0.25, 0.3) is 0 Å². The number of aromatic hydroxyl groups is 1. The van der Waals surface area contributed by atoms with Crippen LogP contribution >= 0.6 is 0 Å². The number of nitrogens with one attached hydrogen (secondary N) is 1. The molecule has 4 N–H and O–H groups in total. The SMILES string of the molecule is O=C(O)CCc1cccc(Cc2c(O)[nH]c(=O)n2CCC(O)C2CCCCC2)c1. The van der Waals surface area contributed by atoms with Gasteiger partial charge in [0.1, 0.15) is 0 Å². The Labute approximate surface area is 170 Å². The third kappa shape index (κ3) is 5.73. The zero-order valence-electron chi connectivity index (χ0n) is 16.6. The molecular formula is C22H30N2O5. The summed E-state index contributed by atoms with van der Waals surface area (Å²) in [6, 6.07) is 7.52. The van der Waals surface area contributed by atoms with Crippen LogP contribution in [0.5, 0.6) is 5.88 Å². The van der Waals surface area contributed by atoms with Gasteiger partial charge in [-0.1, -0.05) is 43.5 Å². The average molecular weight is 402 g/mol. The molecule has 1 heterocycles. The Hall–Kier alpha value is -2.54. The Balaban J connectivity index is 1.69. The summed E-state index contributed by atoms with van der Waals surface area (Å²) in [7, 11) is 0. The molecule has 0 amide bonds. The molecule has 7 heteroatoms. The van der Waals surface area contributed by atoms with Gasteiger partial charge in [-0.3, -0.25) is 14.3 Å². The smallest absolute Gasteiger partial charge is 0.328 e. The molecule has 1 saturated carbocycles. The molecule has 0 spiro atoms.